The summed E-state index contributed by atoms with van der Waals surface area (Å²) in [7, 11) is 0. The van der Waals surface area contributed by atoms with Crippen molar-refractivity contribution in [2.24, 2.45) is 0 Å². The molecule has 0 saturated heterocycles. The smallest absolute Gasteiger partial charge is 0.201 e. The van der Waals surface area contributed by atoms with Gasteiger partial charge in [0.15, 0.2) is 0 Å². The lowest BCUT2D eigenvalue weighted by atomic mass is 10.0. The van der Waals surface area contributed by atoms with Crippen LogP contribution in [-0.2, 0) is 6.54 Å². The second-order valence-corrected chi connectivity index (χ2v) is 5.59. The predicted octanol–water partition coefficient (Wildman–Crippen LogP) is 3.93. The van der Waals surface area contributed by atoms with Crippen molar-refractivity contribution in [3.05, 3.63) is 59.4 Å². The largest absolute Gasteiger partial charge is 0.369 e. The van der Waals surface area contributed by atoms with Crippen LogP contribution in [0.25, 0.3) is 11.0 Å². The van der Waals surface area contributed by atoms with Crippen molar-refractivity contribution in [2.75, 3.05) is 5.73 Å². The van der Waals surface area contributed by atoms with Crippen molar-refractivity contribution >= 4 is 17.0 Å². The third-order valence-electron chi connectivity index (χ3n) is 3.73. The van der Waals surface area contributed by atoms with Crippen molar-refractivity contribution < 1.29 is 4.39 Å². The summed E-state index contributed by atoms with van der Waals surface area (Å²) in [4.78, 5) is 4.27. The summed E-state index contributed by atoms with van der Waals surface area (Å²) in [5.41, 5.74) is 9.82. The average molecular weight is 283 g/mol. The molecule has 4 heteroatoms. The number of hydrogen-bond donors (Lipinski definition) is 1. The first-order valence-electron chi connectivity index (χ1n) is 7.04. The molecule has 0 aliphatic carbocycles. The van der Waals surface area contributed by atoms with E-state index in [1.54, 1.807) is 6.07 Å². The number of aromatic nitrogens is 2. The minimum atomic E-state index is -0.279. The molecule has 0 saturated carbocycles. The van der Waals surface area contributed by atoms with Crippen LogP contribution in [0.15, 0.2) is 42.5 Å². The highest BCUT2D eigenvalue weighted by molar-refractivity contribution is 5.78. The van der Waals surface area contributed by atoms with Gasteiger partial charge in [0.1, 0.15) is 5.82 Å². The number of nitrogen functional groups attached to an aromatic ring is 1. The molecule has 21 heavy (non-hydrogen) atoms. The average Bonchev–Trinajstić information content (AvgIpc) is 2.76. The lowest BCUT2D eigenvalue weighted by molar-refractivity contribution is 0.628. The molecule has 2 N–H and O–H groups in total. The van der Waals surface area contributed by atoms with Crippen LogP contribution in [0.4, 0.5) is 10.3 Å². The summed E-state index contributed by atoms with van der Waals surface area (Å²) in [5.74, 6) is 0.634. The third-order valence-corrected chi connectivity index (χ3v) is 3.73. The van der Waals surface area contributed by atoms with E-state index in [9.17, 15) is 4.39 Å². The molecule has 0 unspecified atom stereocenters. The fourth-order valence-electron chi connectivity index (χ4n) is 2.47. The quantitative estimate of drug-likeness (QED) is 0.791. The number of rotatable bonds is 3. The standard InChI is InChI=1S/C17H18FN3/c1-11(2)13-5-3-12(4-6-13)10-21-16-9-14(18)7-8-15(16)20-17(21)19/h3-9,11H,10H2,1-2H3,(H2,19,20). The fraction of sp³-hybridized carbons (Fsp3) is 0.235. The zero-order chi connectivity index (χ0) is 15.0. The zero-order valence-electron chi connectivity index (χ0n) is 12.2. The van der Waals surface area contributed by atoms with Crippen LogP contribution in [-0.4, -0.2) is 9.55 Å². The molecule has 0 bridgehead atoms. The molecule has 0 radical (unpaired) electrons. The molecule has 108 valence electrons. The molecule has 0 aliphatic heterocycles. The van der Waals surface area contributed by atoms with E-state index in [0.717, 1.165) is 11.1 Å². The van der Waals surface area contributed by atoms with Crippen molar-refractivity contribution in [1.82, 2.24) is 9.55 Å². The second-order valence-electron chi connectivity index (χ2n) is 5.59. The van der Waals surface area contributed by atoms with E-state index in [2.05, 4.69) is 43.1 Å². The molecule has 3 rings (SSSR count). The Hall–Kier alpha value is -2.36. The van der Waals surface area contributed by atoms with Gasteiger partial charge in [-0.1, -0.05) is 38.1 Å². The maximum atomic E-state index is 13.4. The van der Waals surface area contributed by atoms with E-state index < -0.39 is 0 Å². The van der Waals surface area contributed by atoms with Crippen LogP contribution in [0.5, 0.6) is 0 Å². The number of nitrogens with two attached hydrogens (primary N) is 1. The molecule has 0 spiro atoms. The summed E-state index contributed by atoms with van der Waals surface area (Å²) < 4.78 is 15.3. The van der Waals surface area contributed by atoms with Gasteiger partial charge < -0.3 is 10.3 Å². The van der Waals surface area contributed by atoms with E-state index in [1.165, 1.54) is 17.7 Å². The highest BCUT2D eigenvalue weighted by Gasteiger charge is 2.09. The number of nitrogens with zero attached hydrogens (tertiary/aromatic N) is 2. The number of hydrogen-bond acceptors (Lipinski definition) is 2. The normalized spacial score (nSPS) is 11.4. The molecule has 0 amide bonds. The Bertz CT molecular complexity index is 773. The van der Waals surface area contributed by atoms with Gasteiger partial charge in [0, 0.05) is 0 Å². The summed E-state index contributed by atoms with van der Waals surface area (Å²) in [6, 6.07) is 12.9. The highest BCUT2D eigenvalue weighted by Crippen LogP contribution is 2.21. The number of halogens is 1. The minimum Gasteiger partial charge on any atom is -0.369 e. The number of anilines is 1. The van der Waals surface area contributed by atoms with E-state index >= 15 is 0 Å². The first-order valence-corrected chi connectivity index (χ1v) is 7.04. The Morgan fingerprint density at radius 2 is 1.86 bits per heavy atom. The lowest BCUT2D eigenvalue weighted by Gasteiger charge is -2.09. The van der Waals surface area contributed by atoms with Gasteiger partial charge in [0.25, 0.3) is 0 Å². The number of benzene rings is 2. The van der Waals surface area contributed by atoms with Crippen molar-refractivity contribution in [1.29, 1.82) is 0 Å². The van der Waals surface area contributed by atoms with Crippen molar-refractivity contribution in [3.8, 4) is 0 Å². The van der Waals surface area contributed by atoms with Crippen LogP contribution < -0.4 is 5.73 Å². The molecular formula is C17H18FN3. The van der Waals surface area contributed by atoms with Gasteiger partial charge in [0.05, 0.1) is 17.6 Å². The molecule has 0 aliphatic rings. The van der Waals surface area contributed by atoms with Gasteiger partial charge >= 0.3 is 0 Å². The molecule has 1 heterocycles. The first kappa shape index (κ1) is 13.6. The van der Waals surface area contributed by atoms with Gasteiger partial charge in [0.2, 0.25) is 5.95 Å². The van der Waals surface area contributed by atoms with Crippen LogP contribution in [0.3, 0.4) is 0 Å². The van der Waals surface area contributed by atoms with Crippen LogP contribution in [0.2, 0.25) is 0 Å². The Labute approximate surface area is 123 Å². The van der Waals surface area contributed by atoms with E-state index in [4.69, 9.17) is 5.73 Å². The molecule has 2 aromatic carbocycles. The second kappa shape index (κ2) is 5.20. The SMILES string of the molecule is CC(C)c1ccc(Cn2c(N)nc3ccc(F)cc32)cc1. The van der Waals surface area contributed by atoms with Gasteiger partial charge in [-0.15, -0.1) is 0 Å². The van der Waals surface area contributed by atoms with Gasteiger partial charge in [-0.2, -0.15) is 0 Å². The summed E-state index contributed by atoms with van der Waals surface area (Å²) in [6.45, 7) is 4.92. The molecule has 3 nitrogen and oxygen atoms in total. The van der Waals surface area contributed by atoms with E-state index in [0.29, 0.717) is 23.9 Å². The Balaban J connectivity index is 1.97. The summed E-state index contributed by atoms with van der Waals surface area (Å²) >= 11 is 0. The first-order chi connectivity index (χ1) is 10.0. The fourth-order valence-corrected chi connectivity index (χ4v) is 2.47. The lowest BCUT2D eigenvalue weighted by Crippen LogP contribution is -2.04. The molecule has 1 aromatic heterocycles. The van der Waals surface area contributed by atoms with Gasteiger partial charge in [-0.3, -0.25) is 0 Å². The van der Waals surface area contributed by atoms with Crippen LogP contribution in [0.1, 0.15) is 30.9 Å². The van der Waals surface area contributed by atoms with Crippen LogP contribution >= 0.6 is 0 Å². The number of imidazole rings is 1. The van der Waals surface area contributed by atoms with Gasteiger partial charge in [-0.25, -0.2) is 9.37 Å². The van der Waals surface area contributed by atoms with Gasteiger partial charge in [-0.05, 0) is 35.2 Å². The summed E-state index contributed by atoms with van der Waals surface area (Å²) in [6.07, 6.45) is 0. The molecule has 0 fully saturated rings. The predicted molar refractivity (Wildman–Crippen MR) is 83.7 cm³/mol. The summed E-state index contributed by atoms with van der Waals surface area (Å²) in [5, 5.41) is 0. The Morgan fingerprint density at radius 1 is 1.14 bits per heavy atom. The Kier molecular flexibility index (Phi) is 3.37. The third kappa shape index (κ3) is 2.61. The Morgan fingerprint density at radius 3 is 2.52 bits per heavy atom. The monoisotopic (exact) mass is 283 g/mol. The molecule has 3 aromatic rings. The topological polar surface area (TPSA) is 43.8 Å². The highest BCUT2D eigenvalue weighted by atomic mass is 19.1. The molecular weight excluding hydrogens is 265 g/mol. The van der Waals surface area contributed by atoms with Crippen molar-refractivity contribution in [3.63, 3.8) is 0 Å². The minimum absolute atomic E-state index is 0.279. The molecule has 0 atom stereocenters. The van der Waals surface area contributed by atoms with E-state index in [-0.39, 0.29) is 5.82 Å². The van der Waals surface area contributed by atoms with Crippen molar-refractivity contribution in [2.45, 2.75) is 26.3 Å². The maximum Gasteiger partial charge on any atom is 0.201 e. The van der Waals surface area contributed by atoms with E-state index in [1.807, 2.05) is 4.57 Å². The van der Waals surface area contributed by atoms with Crippen LogP contribution in [0, 0.1) is 5.82 Å². The zero-order valence-corrected chi connectivity index (χ0v) is 12.2. The maximum absolute atomic E-state index is 13.4. The number of fused-ring (bicyclic) bond motifs is 1.